The van der Waals surface area contributed by atoms with Gasteiger partial charge in [-0.15, -0.1) is 0 Å². The molecule has 0 radical (unpaired) electrons. The summed E-state index contributed by atoms with van der Waals surface area (Å²) in [7, 11) is -3.04. The van der Waals surface area contributed by atoms with E-state index < -0.39 is 9.84 Å². The van der Waals surface area contributed by atoms with Crippen molar-refractivity contribution in [3.05, 3.63) is 34.9 Å². The zero-order valence-electron chi connectivity index (χ0n) is 10.1. The summed E-state index contributed by atoms with van der Waals surface area (Å²) >= 11 is 6.09. The average Bonchev–Trinajstić information content (AvgIpc) is 2.23. The molecule has 0 aliphatic rings. The summed E-state index contributed by atoms with van der Waals surface area (Å²) < 4.78 is 22.8. The van der Waals surface area contributed by atoms with E-state index in [1.807, 2.05) is 25.1 Å². The van der Waals surface area contributed by atoms with Crippen molar-refractivity contribution < 1.29 is 8.42 Å². The van der Waals surface area contributed by atoms with Gasteiger partial charge in [-0.1, -0.05) is 36.7 Å². The molecule has 0 saturated heterocycles. The van der Waals surface area contributed by atoms with Crippen LogP contribution in [0, 0.1) is 0 Å². The van der Waals surface area contributed by atoms with Crippen molar-refractivity contribution in [2.24, 2.45) is 0 Å². The number of rotatable bonds is 6. The third-order valence-electron chi connectivity index (χ3n) is 2.39. The molecule has 1 atom stereocenters. The summed E-state index contributed by atoms with van der Waals surface area (Å²) in [5, 5.41) is 3.82. The lowest BCUT2D eigenvalue weighted by Gasteiger charge is -2.19. The van der Waals surface area contributed by atoms with E-state index in [9.17, 15) is 8.42 Å². The third kappa shape index (κ3) is 5.06. The zero-order chi connectivity index (χ0) is 12.9. The summed E-state index contributed by atoms with van der Waals surface area (Å²) in [5.41, 5.74) is 0.841. The summed E-state index contributed by atoms with van der Waals surface area (Å²) in [6.45, 7) is 2.81. The number of hydrogen-bond acceptors (Lipinski definition) is 3. The van der Waals surface area contributed by atoms with Crippen LogP contribution in [0.2, 0.25) is 5.02 Å². The Labute approximate surface area is 108 Å². The largest absolute Gasteiger partial charge is 0.309 e. The highest BCUT2D eigenvalue weighted by Gasteiger charge is 2.18. The van der Waals surface area contributed by atoms with Gasteiger partial charge < -0.3 is 5.32 Å². The number of benzene rings is 1. The normalized spacial score (nSPS) is 13.6. The van der Waals surface area contributed by atoms with Crippen molar-refractivity contribution in [3.8, 4) is 0 Å². The van der Waals surface area contributed by atoms with Crippen LogP contribution in [0.4, 0.5) is 0 Å². The van der Waals surface area contributed by atoms with Gasteiger partial charge in [0.05, 0.1) is 5.75 Å². The van der Waals surface area contributed by atoms with E-state index in [-0.39, 0.29) is 11.8 Å². The minimum Gasteiger partial charge on any atom is -0.309 e. The molecule has 3 nitrogen and oxygen atoms in total. The first-order chi connectivity index (χ1) is 7.94. The first-order valence-corrected chi connectivity index (χ1v) is 8.03. The lowest BCUT2D eigenvalue weighted by atomic mass is 10.1. The molecule has 0 spiro atoms. The molecule has 0 bridgehead atoms. The monoisotopic (exact) mass is 275 g/mol. The molecular formula is C12H18ClNO2S. The van der Waals surface area contributed by atoms with Crippen molar-refractivity contribution in [1.82, 2.24) is 5.32 Å². The summed E-state index contributed by atoms with van der Waals surface area (Å²) in [6, 6.07) is 7.10. The van der Waals surface area contributed by atoms with Crippen molar-refractivity contribution >= 4 is 21.4 Å². The van der Waals surface area contributed by atoms with E-state index in [1.165, 1.54) is 6.26 Å². The van der Waals surface area contributed by atoms with Crippen molar-refractivity contribution in [2.75, 3.05) is 18.6 Å². The predicted molar refractivity (Wildman–Crippen MR) is 72.2 cm³/mol. The van der Waals surface area contributed by atoms with Gasteiger partial charge in [0.2, 0.25) is 0 Å². The van der Waals surface area contributed by atoms with Crippen LogP contribution in [0.1, 0.15) is 24.9 Å². The number of sulfone groups is 1. The van der Waals surface area contributed by atoms with Crippen LogP contribution in [-0.4, -0.2) is 27.0 Å². The second kappa shape index (κ2) is 6.38. The lowest BCUT2D eigenvalue weighted by molar-refractivity contribution is 0.549. The number of nitrogens with one attached hydrogen (secondary N) is 1. The van der Waals surface area contributed by atoms with Gasteiger partial charge in [-0.2, -0.15) is 0 Å². The minimum absolute atomic E-state index is 0.0662. The smallest absolute Gasteiger partial charge is 0.149 e. The second-order valence-electron chi connectivity index (χ2n) is 4.12. The van der Waals surface area contributed by atoms with Crippen LogP contribution in [-0.2, 0) is 9.84 Å². The van der Waals surface area contributed by atoms with Crippen LogP contribution >= 0.6 is 11.6 Å². The first kappa shape index (κ1) is 14.5. The molecule has 0 aliphatic heterocycles. The quantitative estimate of drug-likeness (QED) is 0.867. The molecule has 1 aromatic rings. The van der Waals surface area contributed by atoms with Gasteiger partial charge in [-0.25, -0.2) is 8.42 Å². The highest BCUT2D eigenvalue weighted by molar-refractivity contribution is 7.90. The summed E-state index contributed by atoms with van der Waals surface area (Å²) in [6.07, 6.45) is 2.19. The molecule has 5 heteroatoms. The molecule has 0 aromatic heterocycles. The molecule has 17 heavy (non-hydrogen) atoms. The molecule has 0 saturated carbocycles. The second-order valence-corrected chi connectivity index (χ2v) is 6.71. The number of halogens is 1. The fraction of sp³-hybridized carbons (Fsp3) is 0.500. The maximum absolute atomic E-state index is 11.4. The standard InChI is InChI=1S/C12H18ClNO2S/c1-3-8-14-12(9-17(2,15)16)10-6-4-5-7-11(10)13/h4-7,12,14H,3,8-9H2,1-2H3. The van der Waals surface area contributed by atoms with E-state index in [1.54, 1.807) is 6.07 Å². The first-order valence-electron chi connectivity index (χ1n) is 5.59. The van der Waals surface area contributed by atoms with E-state index in [0.29, 0.717) is 5.02 Å². The number of hydrogen-bond donors (Lipinski definition) is 1. The van der Waals surface area contributed by atoms with Crippen LogP contribution in [0.25, 0.3) is 0 Å². The highest BCUT2D eigenvalue weighted by Crippen LogP contribution is 2.23. The Morgan fingerprint density at radius 3 is 2.53 bits per heavy atom. The molecule has 96 valence electrons. The van der Waals surface area contributed by atoms with E-state index in [2.05, 4.69) is 5.32 Å². The van der Waals surface area contributed by atoms with Gasteiger partial charge in [-0.05, 0) is 24.6 Å². The predicted octanol–water partition coefficient (Wildman–Crippen LogP) is 2.43. The third-order valence-corrected chi connectivity index (χ3v) is 3.67. The van der Waals surface area contributed by atoms with E-state index in [4.69, 9.17) is 11.6 Å². The molecule has 0 heterocycles. The van der Waals surface area contributed by atoms with Crippen molar-refractivity contribution in [2.45, 2.75) is 19.4 Å². The lowest BCUT2D eigenvalue weighted by Crippen LogP contribution is -2.28. The molecule has 1 unspecified atom stereocenters. The topological polar surface area (TPSA) is 46.2 Å². The Bertz CT molecular complexity index is 459. The Kier molecular flexibility index (Phi) is 5.43. The van der Waals surface area contributed by atoms with Crippen LogP contribution in [0.5, 0.6) is 0 Å². The van der Waals surface area contributed by atoms with Crippen molar-refractivity contribution in [3.63, 3.8) is 0 Å². The molecule has 0 amide bonds. The Morgan fingerprint density at radius 1 is 1.35 bits per heavy atom. The van der Waals surface area contributed by atoms with Crippen LogP contribution in [0.3, 0.4) is 0 Å². The fourth-order valence-electron chi connectivity index (χ4n) is 1.64. The van der Waals surface area contributed by atoms with E-state index in [0.717, 1.165) is 18.5 Å². The highest BCUT2D eigenvalue weighted by atomic mass is 35.5. The molecular weight excluding hydrogens is 258 g/mol. The molecule has 1 rings (SSSR count). The van der Waals surface area contributed by atoms with Gasteiger partial charge in [0.1, 0.15) is 9.84 Å². The van der Waals surface area contributed by atoms with Gasteiger partial charge in [0.15, 0.2) is 0 Å². The zero-order valence-corrected chi connectivity index (χ0v) is 11.7. The average molecular weight is 276 g/mol. The summed E-state index contributed by atoms with van der Waals surface area (Å²) in [5.74, 6) is 0.0662. The minimum atomic E-state index is -3.04. The SMILES string of the molecule is CCCNC(CS(C)(=O)=O)c1ccccc1Cl. The van der Waals surface area contributed by atoms with Crippen LogP contribution < -0.4 is 5.32 Å². The molecule has 1 aromatic carbocycles. The fourth-order valence-corrected chi connectivity index (χ4v) is 2.81. The van der Waals surface area contributed by atoms with E-state index >= 15 is 0 Å². The van der Waals surface area contributed by atoms with Gasteiger partial charge in [-0.3, -0.25) is 0 Å². The maximum Gasteiger partial charge on any atom is 0.149 e. The van der Waals surface area contributed by atoms with Gasteiger partial charge in [0.25, 0.3) is 0 Å². The Morgan fingerprint density at radius 2 is 2.00 bits per heavy atom. The van der Waals surface area contributed by atoms with Gasteiger partial charge >= 0.3 is 0 Å². The molecule has 0 fully saturated rings. The summed E-state index contributed by atoms with van der Waals surface area (Å²) in [4.78, 5) is 0. The van der Waals surface area contributed by atoms with Gasteiger partial charge in [0, 0.05) is 17.3 Å². The van der Waals surface area contributed by atoms with Crippen LogP contribution in [0.15, 0.2) is 24.3 Å². The Balaban J connectivity index is 2.94. The van der Waals surface area contributed by atoms with Crippen molar-refractivity contribution in [1.29, 1.82) is 0 Å². The molecule has 0 aliphatic carbocycles. The maximum atomic E-state index is 11.4. The Hall–Kier alpha value is -0.580. The molecule has 1 N–H and O–H groups in total.